The van der Waals surface area contributed by atoms with Crippen molar-refractivity contribution in [2.75, 3.05) is 52.7 Å². The highest BCUT2D eigenvalue weighted by Crippen LogP contribution is 2.43. The molecule has 2 rings (SSSR count). The van der Waals surface area contributed by atoms with Crippen molar-refractivity contribution in [3.05, 3.63) is 0 Å². The third-order valence-corrected chi connectivity index (χ3v) is 9.43. The number of phosphoric acid groups is 1. The number of aliphatic hydroxyl groups is 13. The van der Waals surface area contributed by atoms with Crippen LogP contribution in [0.3, 0.4) is 0 Å². The van der Waals surface area contributed by atoms with Gasteiger partial charge < -0.3 is 106 Å². The highest BCUT2D eigenvalue weighted by Gasteiger charge is 2.59. The molecule has 0 saturated carbocycles. The van der Waals surface area contributed by atoms with Gasteiger partial charge in [-0.15, -0.1) is 0 Å². The highest BCUT2D eigenvalue weighted by atomic mass is 31.2. The summed E-state index contributed by atoms with van der Waals surface area (Å²) in [6, 6.07) is -1.60. The van der Waals surface area contributed by atoms with Crippen molar-refractivity contribution < 1.29 is 119 Å². The average Bonchev–Trinajstić information content (AvgIpc) is 3.14. The molecule has 17 N–H and O–H groups in total. The molecule has 0 aromatic rings. The van der Waals surface area contributed by atoms with Gasteiger partial charge in [0.1, 0.15) is 67.1 Å². The molecule has 0 radical (unpaired) electrons. The normalized spacial score (nSPS) is 33.7. The van der Waals surface area contributed by atoms with Gasteiger partial charge in [-0.1, -0.05) is 0 Å². The number of hydrogen-bond donors (Lipinski definition) is 17. The fraction of sp³-hybridized carbons (Fsp3) is 0.929. The van der Waals surface area contributed by atoms with E-state index in [2.05, 4.69) is 19.7 Å². The van der Waals surface area contributed by atoms with E-state index in [0.29, 0.717) is 0 Å². The molecular weight excluding hydrogens is 779 g/mol. The number of ether oxygens (including phenoxy) is 4. The molecule has 0 aromatic carbocycles. The number of carbonyl (C=O) groups is 2. The van der Waals surface area contributed by atoms with Crippen LogP contribution in [-0.2, 0) is 42.1 Å². The Balaban J connectivity index is 2.27. The van der Waals surface area contributed by atoms with Gasteiger partial charge in [-0.25, -0.2) is 9.36 Å². The Bertz CT molecular complexity index is 1230. The minimum Gasteiger partial charge on any atom is -0.477 e. The molecule has 2 aliphatic rings. The van der Waals surface area contributed by atoms with Crippen LogP contribution in [-0.4, -0.2) is 238 Å². The van der Waals surface area contributed by atoms with Crippen molar-refractivity contribution >= 4 is 19.7 Å². The van der Waals surface area contributed by atoms with Gasteiger partial charge in [-0.2, -0.15) is 0 Å². The molecule has 2 saturated heterocycles. The van der Waals surface area contributed by atoms with Crippen molar-refractivity contribution in [2.45, 2.75) is 111 Å². The fourth-order valence-corrected chi connectivity index (χ4v) is 6.28. The Labute approximate surface area is 312 Å². The molecular formula is C28H53N2O24P. The Kier molecular flexibility index (Phi) is 20.2. The SMILES string of the molecule is CC(=O)N[C@H]1[C@H]([C@H](O)[C@H](O)CO)O[C@@](O[C@H]2[C@@H](O)[C@@H](CO)O[C@@H](O[C@@H]([C@H](O)[C@@H](O)CNCCOP(=O)(O)OCC(O)CO)[C@H](O)CO)[C@@H]2O)(C(=O)O)C[C@@H]1O. The maximum atomic E-state index is 12.7. The van der Waals surface area contributed by atoms with Crippen molar-refractivity contribution in [2.24, 2.45) is 0 Å². The van der Waals surface area contributed by atoms with Crippen LogP contribution in [0.4, 0.5) is 0 Å². The number of carboxylic acids is 1. The summed E-state index contributed by atoms with van der Waals surface area (Å²) in [5.74, 6) is -5.94. The molecule has 1 amide bonds. The number of aliphatic carboxylic acids is 1. The molecule has 0 aromatic heterocycles. The van der Waals surface area contributed by atoms with E-state index in [1.807, 2.05) is 0 Å². The molecule has 26 nitrogen and oxygen atoms in total. The third kappa shape index (κ3) is 13.7. The Morgan fingerprint density at radius 3 is 2.11 bits per heavy atom. The predicted molar refractivity (Wildman–Crippen MR) is 173 cm³/mol. The second kappa shape index (κ2) is 22.5. The van der Waals surface area contributed by atoms with E-state index in [4.69, 9.17) is 24.1 Å². The zero-order valence-corrected chi connectivity index (χ0v) is 30.2. The largest absolute Gasteiger partial charge is 0.477 e. The molecule has 0 aliphatic carbocycles. The van der Waals surface area contributed by atoms with Crippen LogP contribution < -0.4 is 10.6 Å². The van der Waals surface area contributed by atoms with E-state index >= 15 is 0 Å². The molecule has 17 atom stereocenters. The molecule has 2 heterocycles. The summed E-state index contributed by atoms with van der Waals surface area (Å²) in [6.45, 7) is -5.08. The summed E-state index contributed by atoms with van der Waals surface area (Å²) in [6.07, 6.45) is -29.4. The summed E-state index contributed by atoms with van der Waals surface area (Å²) < 4.78 is 42.8. The van der Waals surface area contributed by atoms with Crippen LogP contribution in [0.5, 0.6) is 0 Å². The lowest BCUT2D eigenvalue weighted by molar-refractivity contribution is -0.377. The van der Waals surface area contributed by atoms with E-state index in [0.717, 1.165) is 6.92 Å². The number of phosphoric ester groups is 1. The number of carboxylic acid groups (broad SMARTS) is 1. The van der Waals surface area contributed by atoms with Crippen LogP contribution in [0.2, 0.25) is 0 Å². The second-order valence-corrected chi connectivity index (χ2v) is 14.2. The van der Waals surface area contributed by atoms with E-state index < -0.39 is 170 Å². The summed E-state index contributed by atoms with van der Waals surface area (Å²) in [5.41, 5.74) is 0. The van der Waals surface area contributed by atoms with Crippen molar-refractivity contribution in [1.29, 1.82) is 0 Å². The smallest absolute Gasteiger partial charge is 0.472 e. The average molecular weight is 833 g/mol. The standard InChI is InChI=1S/C28H53N2O24P/c1-11(35)30-18-13(37)4-28(27(45)46,53-24(18)20(42)15(39)7-32)54-25-21(43)17(9-34)51-26(22(25)44)52-23(16(40)8-33)19(41)14(38)5-29-2-3-49-55(47,48)50-10-12(36)6-31/h12-26,29,31-34,36-44H,2-10H2,1H3,(H,30,35)(H,45,46)(H,47,48)/t12?,13-,14-,15+,16+,17+,18+,19+,20+,21-,22+,23+,24+,25-,26-,28-/m0/s1. The second-order valence-electron chi connectivity index (χ2n) is 12.7. The van der Waals surface area contributed by atoms with E-state index in [9.17, 15) is 85.4 Å². The van der Waals surface area contributed by atoms with Crippen molar-refractivity contribution in [1.82, 2.24) is 10.6 Å². The topological polar surface area (TPSA) is 434 Å². The third-order valence-electron chi connectivity index (χ3n) is 8.45. The van der Waals surface area contributed by atoms with E-state index in [1.165, 1.54) is 0 Å². The van der Waals surface area contributed by atoms with Gasteiger partial charge >= 0.3 is 13.8 Å². The molecule has 27 heteroatoms. The van der Waals surface area contributed by atoms with Gasteiger partial charge in [0, 0.05) is 26.4 Å². The van der Waals surface area contributed by atoms with Gasteiger partial charge in [0.15, 0.2) is 6.29 Å². The number of hydrogen-bond acceptors (Lipinski definition) is 23. The molecule has 55 heavy (non-hydrogen) atoms. The number of aliphatic hydroxyl groups excluding tert-OH is 13. The number of rotatable bonds is 24. The Morgan fingerprint density at radius 2 is 1.56 bits per heavy atom. The van der Waals surface area contributed by atoms with E-state index in [-0.39, 0.29) is 6.54 Å². The van der Waals surface area contributed by atoms with Gasteiger partial charge in [-0.05, 0) is 0 Å². The summed E-state index contributed by atoms with van der Waals surface area (Å²) in [4.78, 5) is 34.1. The van der Waals surface area contributed by atoms with Gasteiger partial charge in [0.05, 0.1) is 57.9 Å². The van der Waals surface area contributed by atoms with Gasteiger partial charge in [-0.3, -0.25) is 13.8 Å². The monoisotopic (exact) mass is 832 g/mol. The minimum atomic E-state index is -4.65. The summed E-state index contributed by atoms with van der Waals surface area (Å²) in [7, 11) is -4.65. The van der Waals surface area contributed by atoms with Crippen LogP contribution in [0.15, 0.2) is 0 Å². The highest BCUT2D eigenvalue weighted by molar-refractivity contribution is 7.47. The Hall–Kier alpha value is -1.67. The zero-order chi connectivity index (χ0) is 41.8. The maximum absolute atomic E-state index is 12.7. The van der Waals surface area contributed by atoms with Gasteiger partial charge in [0.2, 0.25) is 5.91 Å². The zero-order valence-electron chi connectivity index (χ0n) is 29.4. The minimum absolute atomic E-state index is 0.266. The summed E-state index contributed by atoms with van der Waals surface area (Å²) >= 11 is 0. The fourth-order valence-electron chi connectivity index (χ4n) is 5.52. The maximum Gasteiger partial charge on any atom is 0.472 e. The van der Waals surface area contributed by atoms with Gasteiger partial charge in [0.25, 0.3) is 5.79 Å². The molecule has 0 bridgehead atoms. The first-order chi connectivity index (χ1) is 25.7. The Morgan fingerprint density at radius 1 is 0.927 bits per heavy atom. The lowest BCUT2D eigenvalue weighted by Gasteiger charge is -2.50. The molecule has 0 spiro atoms. The number of amides is 1. The number of nitrogens with one attached hydrogen (secondary N) is 2. The molecule has 324 valence electrons. The summed E-state index contributed by atoms with van der Waals surface area (Å²) in [5, 5.41) is 148. The first kappa shape index (κ1) is 49.5. The lowest BCUT2D eigenvalue weighted by atomic mass is 9.88. The molecule has 2 unspecified atom stereocenters. The van der Waals surface area contributed by atoms with Crippen molar-refractivity contribution in [3.63, 3.8) is 0 Å². The van der Waals surface area contributed by atoms with Crippen molar-refractivity contribution in [3.8, 4) is 0 Å². The number of carbonyl (C=O) groups excluding carboxylic acids is 1. The molecule has 2 aliphatic heterocycles. The van der Waals surface area contributed by atoms with Crippen LogP contribution in [0.1, 0.15) is 13.3 Å². The van der Waals surface area contributed by atoms with Crippen LogP contribution >= 0.6 is 7.82 Å². The first-order valence-corrected chi connectivity index (χ1v) is 18.2. The first-order valence-electron chi connectivity index (χ1n) is 16.7. The van der Waals surface area contributed by atoms with Crippen LogP contribution in [0.25, 0.3) is 0 Å². The molecule has 2 fully saturated rings. The van der Waals surface area contributed by atoms with E-state index in [1.54, 1.807) is 0 Å². The van der Waals surface area contributed by atoms with Crippen LogP contribution in [0, 0.1) is 0 Å². The quantitative estimate of drug-likeness (QED) is 0.0317. The lowest BCUT2D eigenvalue weighted by Crippen LogP contribution is -2.70. The predicted octanol–water partition coefficient (Wildman–Crippen LogP) is -9.50.